The maximum atomic E-state index is 10.0. The molecule has 0 spiro atoms. The second kappa shape index (κ2) is 2.63. The first-order valence-electron chi connectivity index (χ1n) is 5.13. The van der Waals surface area contributed by atoms with Crippen molar-refractivity contribution < 1.29 is 10.3 Å². The second-order valence-corrected chi connectivity index (χ2v) is 5.17. The molecule has 2 rings (SSSR count). The maximum absolute atomic E-state index is 10.0. The molecule has 4 nitrogen and oxygen atoms in total. The number of amidine groups is 1. The van der Waals surface area contributed by atoms with Crippen LogP contribution in [0.15, 0.2) is 5.16 Å². The molecule has 0 aliphatic heterocycles. The number of aliphatic hydroxyl groups excluding tert-OH is 1. The maximum Gasteiger partial charge on any atom is 0.148 e. The summed E-state index contributed by atoms with van der Waals surface area (Å²) in [6.45, 7) is 4.22. The molecule has 2 saturated carbocycles. The third-order valence-corrected chi connectivity index (χ3v) is 4.70. The van der Waals surface area contributed by atoms with E-state index in [1.807, 2.05) is 0 Å². The van der Waals surface area contributed by atoms with Crippen molar-refractivity contribution in [2.75, 3.05) is 0 Å². The molecule has 2 bridgehead atoms. The zero-order valence-electron chi connectivity index (χ0n) is 8.70. The molecule has 80 valence electrons. The van der Waals surface area contributed by atoms with Crippen molar-refractivity contribution in [1.82, 2.24) is 0 Å². The Morgan fingerprint density at radius 1 is 1.50 bits per heavy atom. The van der Waals surface area contributed by atoms with Gasteiger partial charge in [-0.3, -0.25) is 0 Å². The molecule has 2 aliphatic carbocycles. The molecule has 0 aromatic rings. The smallest absolute Gasteiger partial charge is 0.148 e. The Morgan fingerprint density at radius 2 is 2.14 bits per heavy atom. The topological polar surface area (TPSA) is 78.8 Å². The van der Waals surface area contributed by atoms with Gasteiger partial charge in [0.05, 0.1) is 11.5 Å². The molecular weight excluding hydrogens is 180 g/mol. The third-order valence-electron chi connectivity index (χ3n) is 4.70. The normalized spacial score (nSPS) is 45.8. The molecule has 14 heavy (non-hydrogen) atoms. The fourth-order valence-electron chi connectivity index (χ4n) is 3.65. The van der Waals surface area contributed by atoms with E-state index < -0.39 is 11.5 Å². The van der Waals surface area contributed by atoms with E-state index in [0.29, 0.717) is 5.92 Å². The van der Waals surface area contributed by atoms with Gasteiger partial charge in [0.2, 0.25) is 0 Å². The van der Waals surface area contributed by atoms with Crippen molar-refractivity contribution >= 4 is 5.84 Å². The summed E-state index contributed by atoms with van der Waals surface area (Å²) in [5, 5.41) is 22.0. The summed E-state index contributed by atoms with van der Waals surface area (Å²) in [6, 6.07) is 0. The van der Waals surface area contributed by atoms with Gasteiger partial charge < -0.3 is 16.0 Å². The van der Waals surface area contributed by atoms with Gasteiger partial charge in [-0.2, -0.15) is 0 Å². The van der Waals surface area contributed by atoms with Crippen molar-refractivity contribution in [2.45, 2.75) is 39.2 Å². The van der Waals surface area contributed by atoms with Crippen LogP contribution in [0.2, 0.25) is 0 Å². The van der Waals surface area contributed by atoms with E-state index in [1.165, 1.54) is 0 Å². The number of nitrogens with zero attached hydrogens (tertiary/aromatic N) is 1. The van der Waals surface area contributed by atoms with Crippen LogP contribution in [0.1, 0.15) is 33.1 Å². The van der Waals surface area contributed by atoms with Crippen LogP contribution < -0.4 is 5.73 Å². The molecule has 0 heterocycles. The lowest BCUT2D eigenvalue weighted by Gasteiger charge is -2.38. The molecule has 0 amide bonds. The summed E-state index contributed by atoms with van der Waals surface area (Å²) < 4.78 is 0. The van der Waals surface area contributed by atoms with Gasteiger partial charge in [-0.05, 0) is 30.6 Å². The lowest BCUT2D eigenvalue weighted by molar-refractivity contribution is 0.0489. The minimum Gasteiger partial charge on any atom is -0.409 e. The lowest BCUT2D eigenvalue weighted by Crippen LogP contribution is -2.49. The van der Waals surface area contributed by atoms with Crippen molar-refractivity contribution in [3.63, 3.8) is 0 Å². The zero-order valence-corrected chi connectivity index (χ0v) is 8.70. The summed E-state index contributed by atoms with van der Waals surface area (Å²) in [5.41, 5.74) is 5.21. The number of hydrogen-bond donors (Lipinski definition) is 3. The molecule has 4 N–H and O–H groups in total. The standard InChI is InChI=1S/C10H18N2O2/c1-9(2)6-3-4-10(9,7(13)5-6)8(11)12-14/h6-7,13-14H,3-5H2,1-2H3,(H2,11,12). The van der Waals surface area contributed by atoms with E-state index in [9.17, 15) is 5.11 Å². The van der Waals surface area contributed by atoms with Crippen LogP contribution in [0.25, 0.3) is 0 Å². The fourth-order valence-corrected chi connectivity index (χ4v) is 3.65. The van der Waals surface area contributed by atoms with E-state index in [-0.39, 0.29) is 11.3 Å². The van der Waals surface area contributed by atoms with Gasteiger partial charge in [0.1, 0.15) is 5.84 Å². The highest BCUT2D eigenvalue weighted by Crippen LogP contribution is 2.65. The molecule has 3 atom stereocenters. The first-order valence-corrected chi connectivity index (χ1v) is 5.13. The third kappa shape index (κ3) is 0.804. The molecule has 2 aliphatic rings. The first kappa shape index (κ1) is 9.77. The molecule has 0 radical (unpaired) electrons. The van der Waals surface area contributed by atoms with E-state index in [1.54, 1.807) is 0 Å². The number of hydrogen-bond acceptors (Lipinski definition) is 3. The Kier molecular flexibility index (Phi) is 1.83. The highest BCUT2D eigenvalue weighted by molar-refractivity contribution is 5.88. The lowest BCUT2D eigenvalue weighted by atomic mass is 9.67. The van der Waals surface area contributed by atoms with Crippen LogP contribution in [0.3, 0.4) is 0 Å². The number of fused-ring (bicyclic) bond motifs is 2. The number of rotatable bonds is 1. The highest BCUT2D eigenvalue weighted by Gasteiger charge is 2.66. The van der Waals surface area contributed by atoms with Gasteiger partial charge in [-0.1, -0.05) is 19.0 Å². The van der Waals surface area contributed by atoms with Crippen molar-refractivity contribution in [1.29, 1.82) is 0 Å². The Hall–Kier alpha value is -0.770. The summed E-state index contributed by atoms with van der Waals surface area (Å²) >= 11 is 0. The van der Waals surface area contributed by atoms with E-state index >= 15 is 0 Å². The summed E-state index contributed by atoms with van der Waals surface area (Å²) in [6.07, 6.45) is 2.23. The Bertz CT molecular complexity index is 288. The molecule has 0 aromatic carbocycles. The average Bonchev–Trinajstić information content (AvgIpc) is 2.49. The van der Waals surface area contributed by atoms with Gasteiger partial charge in [-0.25, -0.2) is 0 Å². The predicted molar refractivity (Wildman–Crippen MR) is 53.0 cm³/mol. The average molecular weight is 198 g/mol. The van der Waals surface area contributed by atoms with Gasteiger partial charge in [0.25, 0.3) is 0 Å². The van der Waals surface area contributed by atoms with Crippen LogP contribution in [-0.4, -0.2) is 22.3 Å². The summed E-state index contributed by atoms with van der Waals surface area (Å²) in [5.74, 6) is 0.702. The quantitative estimate of drug-likeness (QED) is 0.254. The van der Waals surface area contributed by atoms with Gasteiger partial charge >= 0.3 is 0 Å². The van der Waals surface area contributed by atoms with E-state index in [0.717, 1.165) is 19.3 Å². The minimum absolute atomic E-state index is 0.0528. The van der Waals surface area contributed by atoms with Crippen molar-refractivity contribution in [2.24, 2.45) is 27.6 Å². The molecule has 3 unspecified atom stereocenters. The Labute approximate surface area is 83.8 Å². The first-order chi connectivity index (χ1) is 6.46. The molecule has 2 fully saturated rings. The molecule has 4 heteroatoms. The van der Waals surface area contributed by atoms with Crippen LogP contribution in [0, 0.1) is 16.7 Å². The predicted octanol–water partition coefficient (Wildman–Crippen LogP) is 0.920. The largest absolute Gasteiger partial charge is 0.409 e. The van der Waals surface area contributed by atoms with Crippen LogP contribution >= 0.6 is 0 Å². The van der Waals surface area contributed by atoms with Crippen molar-refractivity contribution in [3.8, 4) is 0 Å². The summed E-state index contributed by atoms with van der Waals surface area (Å²) in [7, 11) is 0. The zero-order chi connectivity index (χ0) is 10.6. The Morgan fingerprint density at radius 3 is 2.50 bits per heavy atom. The fraction of sp³-hybridized carbons (Fsp3) is 0.900. The second-order valence-electron chi connectivity index (χ2n) is 5.17. The SMILES string of the molecule is CC1(C)C2CCC1(/C(N)=N\O)C(O)C2. The van der Waals surface area contributed by atoms with Gasteiger partial charge in [0.15, 0.2) is 0 Å². The molecular formula is C10H18N2O2. The van der Waals surface area contributed by atoms with Crippen molar-refractivity contribution in [3.05, 3.63) is 0 Å². The van der Waals surface area contributed by atoms with Crippen LogP contribution in [-0.2, 0) is 0 Å². The van der Waals surface area contributed by atoms with E-state index in [2.05, 4.69) is 19.0 Å². The molecule has 0 saturated heterocycles. The van der Waals surface area contributed by atoms with Gasteiger partial charge in [0, 0.05) is 0 Å². The Balaban J connectivity index is 2.50. The van der Waals surface area contributed by atoms with Gasteiger partial charge in [-0.15, -0.1) is 0 Å². The minimum atomic E-state index is -0.494. The van der Waals surface area contributed by atoms with Crippen LogP contribution in [0.4, 0.5) is 0 Å². The molecule has 0 aromatic heterocycles. The van der Waals surface area contributed by atoms with E-state index in [4.69, 9.17) is 10.9 Å². The van der Waals surface area contributed by atoms with Crippen LogP contribution in [0.5, 0.6) is 0 Å². The number of nitrogens with two attached hydrogens (primary N) is 1. The number of oxime groups is 1. The summed E-state index contributed by atoms with van der Waals surface area (Å²) in [4.78, 5) is 0. The highest BCUT2D eigenvalue weighted by atomic mass is 16.4. The number of aliphatic hydroxyl groups is 1. The monoisotopic (exact) mass is 198 g/mol.